The zero-order chi connectivity index (χ0) is 11.7. The SMILES string of the molecule is Cc1nc(CN(C)C(CN)C2CC2)sc1C. The van der Waals surface area contributed by atoms with Crippen LogP contribution in [0, 0.1) is 19.8 Å². The highest BCUT2D eigenvalue weighted by Gasteiger charge is 2.32. The molecule has 90 valence electrons. The topological polar surface area (TPSA) is 42.2 Å². The van der Waals surface area contributed by atoms with Gasteiger partial charge in [-0.3, -0.25) is 4.90 Å². The van der Waals surface area contributed by atoms with Crippen LogP contribution in [0.3, 0.4) is 0 Å². The molecule has 1 atom stereocenters. The summed E-state index contributed by atoms with van der Waals surface area (Å²) < 4.78 is 0. The van der Waals surface area contributed by atoms with Gasteiger partial charge in [0.05, 0.1) is 12.2 Å². The maximum atomic E-state index is 5.84. The second-order valence-electron chi connectivity index (χ2n) is 4.80. The van der Waals surface area contributed by atoms with Gasteiger partial charge in [0, 0.05) is 17.5 Å². The molecule has 1 unspecified atom stereocenters. The maximum absolute atomic E-state index is 5.84. The molecule has 0 saturated heterocycles. The van der Waals surface area contributed by atoms with Crippen molar-refractivity contribution in [2.75, 3.05) is 13.6 Å². The molecular weight excluding hydrogens is 218 g/mol. The Balaban J connectivity index is 1.97. The van der Waals surface area contributed by atoms with Crippen molar-refractivity contribution < 1.29 is 0 Å². The molecule has 1 aromatic rings. The lowest BCUT2D eigenvalue weighted by molar-refractivity contribution is 0.215. The van der Waals surface area contributed by atoms with E-state index < -0.39 is 0 Å². The van der Waals surface area contributed by atoms with Gasteiger partial charge in [-0.25, -0.2) is 4.98 Å². The average Bonchev–Trinajstić information content (AvgIpc) is 2.97. The van der Waals surface area contributed by atoms with Gasteiger partial charge in [-0.2, -0.15) is 0 Å². The Morgan fingerprint density at radius 3 is 2.62 bits per heavy atom. The molecule has 2 rings (SSSR count). The van der Waals surface area contributed by atoms with E-state index in [9.17, 15) is 0 Å². The van der Waals surface area contributed by atoms with Crippen LogP contribution in [-0.2, 0) is 6.54 Å². The van der Waals surface area contributed by atoms with Gasteiger partial charge < -0.3 is 5.73 Å². The smallest absolute Gasteiger partial charge is 0.107 e. The van der Waals surface area contributed by atoms with Crippen LogP contribution in [0.2, 0.25) is 0 Å². The van der Waals surface area contributed by atoms with Crippen molar-refractivity contribution >= 4 is 11.3 Å². The molecule has 0 aromatic carbocycles. The minimum Gasteiger partial charge on any atom is -0.329 e. The number of hydrogen-bond acceptors (Lipinski definition) is 4. The lowest BCUT2D eigenvalue weighted by Gasteiger charge is -2.25. The lowest BCUT2D eigenvalue weighted by Crippen LogP contribution is -2.39. The summed E-state index contributed by atoms with van der Waals surface area (Å²) in [6.45, 7) is 5.93. The predicted octanol–water partition coefficient (Wildman–Crippen LogP) is 1.93. The predicted molar refractivity (Wildman–Crippen MR) is 68.6 cm³/mol. The highest BCUT2D eigenvalue weighted by molar-refractivity contribution is 7.11. The van der Waals surface area contributed by atoms with E-state index in [1.807, 2.05) is 11.3 Å². The molecule has 16 heavy (non-hydrogen) atoms. The summed E-state index contributed by atoms with van der Waals surface area (Å²) in [5.74, 6) is 0.831. The van der Waals surface area contributed by atoms with Crippen molar-refractivity contribution in [2.24, 2.45) is 11.7 Å². The number of likely N-dealkylation sites (N-methyl/N-ethyl adjacent to an activating group) is 1. The van der Waals surface area contributed by atoms with Gasteiger partial charge in [0.1, 0.15) is 5.01 Å². The van der Waals surface area contributed by atoms with Crippen LogP contribution in [0.5, 0.6) is 0 Å². The zero-order valence-electron chi connectivity index (χ0n) is 10.4. The molecule has 3 nitrogen and oxygen atoms in total. The average molecular weight is 239 g/mol. The molecule has 4 heteroatoms. The number of hydrogen-bond donors (Lipinski definition) is 1. The molecule has 1 heterocycles. The Hall–Kier alpha value is -0.450. The first-order valence-corrected chi connectivity index (χ1v) is 6.76. The normalized spacial score (nSPS) is 18.1. The molecule has 0 spiro atoms. The highest BCUT2D eigenvalue weighted by atomic mass is 32.1. The van der Waals surface area contributed by atoms with Crippen LogP contribution in [0.15, 0.2) is 0 Å². The lowest BCUT2D eigenvalue weighted by atomic mass is 10.1. The number of nitrogens with two attached hydrogens (primary N) is 1. The Morgan fingerprint density at radius 2 is 2.19 bits per heavy atom. The minimum absolute atomic E-state index is 0.546. The number of aromatic nitrogens is 1. The zero-order valence-corrected chi connectivity index (χ0v) is 11.2. The number of nitrogens with zero attached hydrogens (tertiary/aromatic N) is 2. The summed E-state index contributed by atoms with van der Waals surface area (Å²) in [5, 5.41) is 1.22. The van der Waals surface area contributed by atoms with E-state index in [2.05, 4.69) is 30.8 Å². The molecule has 1 aromatic heterocycles. The molecule has 2 N–H and O–H groups in total. The molecule has 0 radical (unpaired) electrons. The van der Waals surface area contributed by atoms with Crippen LogP contribution in [-0.4, -0.2) is 29.5 Å². The fourth-order valence-corrected chi connectivity index (χ4v) is 3.15. The first kappa shape index (κ1) is 12.0. The van der Waals surface area contributed by atoms with Crippen molar-refractivity contribution in [1.82, 2.24) is 9.88 Å². The third kappa shape index (κ3) is 2.62. The number of rotatable bonds is 5. The fraction of sp³-hybridized carbons (Fsp3) is 0.750. The van der Waals surface area contributed by atoms with E-state index >= 15 is 0 Å². The first-order valence-electron chi connectivity index (χ1n) is 5.95. The van der Waals surface area contributed by atoms with E-state index in [0.29, 0.717) is 6.04 Å². The summed E-state index contributed by atoms with van der Waals surface area (Å²) in [5.41, 5.74) is 7.02. The van der Waals surface area contributed by atoms with Gasteiger partial charge in [0.2, 0.25) is 0 Å². The van der Waals surface area contributed by atoms with E-state index in [-0.39, 0.29) is 0 Å². The number of thiazole rings is 1. The Kier molecular flexibility index (Phi) is 3.62. The molecule has 0 amide bonds. The quantitative estimate of drug-likeness (QED) is 0.853. The van der Waals surface area contributed by atoms with Gasteiger partial charge in [-0.05, 0) is 39.7 Å². The molecule has 1 aliphatic rings. The van der Waals surface area contributed by atoms with E-state index in [1.165, 1.54) is 28.4 Å². The van der Waals surface area contributed by atoms with Crippen molar-refractivity contribution in [1.29, 1.82) is 0 Å². The summed E-state index contributed by atoms with van der Waals surface area (Å²) in [6.07, 6.45) is 2.70. The number of aryl methyl sites for hydroxylation is 2. The summed E-state index contributed by atoms with van der Waals surface area (Å²) in [7, 11) is 2.17. The van der Waals surface area contributed by atoms with Crippen LogP contribution >= 0.6 is 11.3 Å². The van der Waals surface area contributed by atoms with Gasteiger partial charge in [0.15, 0.2) is 0 Å². The monoisotopic (exact) mass is 239 g/mol. The maximum Gasteiger partial charge on any atom is 0.107 e. The summed E-state index contributed by atoms with van der Waals surface area (Å²) in [4.78, 5) is 8.29. The van der Waals surface area contributed by atoms with Crippen molar-refractivity contribution in [3.63, 3.8) is 0 Å². The highest BCUT2D eigenvalue weighted by Crippen LogP contribution is 2.35. The molecule has 1 saturated carbocycles. The summed E-state index contributed by atoms with van der Waals surface area (Å²) in [6, 6.07) is 0.546. The molecule has 1 fully saturated rings. The standard InChI is InChI=1S/C12H21N3S/c1-8-9(2)16-12(14-8)7-15(3)11(6-13)10-4-5-10/h10-11H,4-7,13H2,1-3H3. The minimum atomic E-state index is 0.546. The van der Waals surface area contributed by atoms with E-state index in [4.69, 9.17) is 5.73 Å². The van der Waals surface area contributed by atoms with Crippen LogP contribution in [0.4, 0.5) is 0 Å². The fourth-order valence-electron chi connectivity index (χ4n) is 2.15. The Morgan fingerprint density at radius 1 is 1.50 bits per heavy atom. The first-order chi connectivity index (χ1) is 7.61. The Bertz CT molecular complexity index is 338. The van der Waals surface area contributed by atoms with Crippen molar-refractivity contribution in [3.05, 3.63) is 15.6 Å². The second kappa shape index (κ2) is 4.82. The van der Waals surface area contributed by atoms with Crippen molar-refractivity contribution in [2.45, 2.75) is 39.3 Å². The van der Waals surface area contributed by atoms with Gasteiger partial charge in [0.25, 0.3) is 0 Å². The molecular formula is C12H21N3S. The van der Waals surface area contributed by atoms with Gasteiger partial charge in [-0.1, -0.05) is 0 Å². The van der Waals surface area contributed by atoms with E-state index in [1.54, 1.807) is 0 Å². The third-order valence-corrected chi connectivity index (χ3v) is 4.49. The van der Waals surface area contributed by atoms with Crippen LogP contribution in [0.25, 0.3) is 0 Å². The second-order valence-corrected chi connectivity index (χ2v) is 6.09. The van der Waals surface area contributed by atoms with Crippen LogP contribution in [0.1, 0.15) is 28.4 Å². The molecule has 0 bridgehead atoms. The Labute approximate surface area is 102 Å². The largest absolute Gasteiger partial charge is 0.329 e. The van der Waals surface area contributed by atoms with E-state index in [0.717, 1.165) is 19.0 Å². The third-order valence-electron chi connectivity index (χ3n) is 3.43. The van der Waals surface area contributed by atoms with Gasteiger partial charge in [-0.15, -0.1) is 11.3 Å². The summed E-state index contributed by atoms with van der Waals surface area (Å²) >= 11 is 1.81. The van der Waals surface area contributed by atoms with Crippen LogP contribution < -0.4 is 5.73 Å². The van der Waals surface area contributed by atoms with Crippen molar-refractivity contribution in [3.8, 4) is 0 Å². The molecule has 1 aliphatic carbocycles. The van der Waals surface area contributed by atoms with Gasteiger partial charge >= 0.3 is 0 Å². The molecule has 0 aliphatic heterocycles.